The molecule has 2 aliphatic rings. The summed E-state index contributed by atoms with van der Waals surface area (Å²) in [6.07, 6.45) is 6.31. The molecule has 2 aromatic carbocycles. The highest BCUT2D eigenvalue weighted by Gasteiger charge is 2.38. The third kappa shape index (κ3) is 4.92. The number of rotatable bonds is 5. The van der Waals surface area contributed by atoms with Crippen molar-refractivity contribution in [3.63, 3.8) is 0 Å². The zero-order valence-corrected chi connectivity index (χ0v) is 23.1. The van der Waals surface area contributed by atoms with Crippen LogP contribution in [0.15, 0.2) is 60.9 Å². The van der Waals surface area contributed by atoms with Crippen LogP contribution in [0.3, 0.4) is 0 Å². The van der Waals surface area contributed by atoms with Gasteiger partial charge in [-0.2, -0.15) is 0 Å². The number of hydrogen-bond donors (Lipinski definition) is 1. The molecular formula is C32H38N4O2. The fraction of sp³-hybridized carbons (Fsp3) is 0.406. The van der Waals surface area contributed by atoms with Crippen molar-refractivity contribution in [2.24, 2.45) is 0 Å². The van der Waals surface area contributed by atoms with Gasteiger partial charge in [-0.3, -0.25) is 14.6 Å². The summed E-state index contributed by atoms with van der Waals surface area (Å²) >= 11 is 0. The van der Waals surface area contributed by atoms with E-state index in [1.165, 1.54) is 11.3 Å². The Bertz CT molecular complexity index is 1320. The Morgan fingerprint density at radius 2 is 1.66 bits per heavy atom. The molecule has 2 heterocycles. The fourth-order valence-electron chi connectivity index (χ4n) is 6.30. The summed E-state index contributed by atoms with van der Waals surface area (Å²) in [5.41, 5.74) is 6.73. The Morgan fingerprint density at radius 3 is 2.32 bits per heavy atom. The smallest absolute Gasteiger partial charge is 0.253 e. The van der Waals surface area contributed by atoms with E-state index in [1.807, 2.05) is 80.7 Å². The molecule has 1 aromatic heterocycles. The molecule has 5 rings (SSSR count). The lowest BCUT2D eigenvalue weighted by Crippen LogP contribution is -2.45. The first-order valence-corrected chi connectivity index (χ1v) is 13.6. The lowest BCUT2D eigenvalue weighted by Gasteiger charge is -2.38. The molecule has 1 fully saturated rings. The van der Waals surface area contributed by atoms with Gasteiger partial charge in [0.15, 0.2) is 0 Å². The molecule has 38 heavy (non-hydrogen) atoms. The molecule has 0 bridgehead atoms. The number of aromatic nitrogens is 1. The lowest BCUT2D eigenvalue weighted by molar-refractivity contribution is 0.0709. The van der Waals surface area contributed by atoms with Crippen LogP contribution in [0, 0.1) is 13.8 Å². The number of fused-ring (bicyclic) bond motifs is 1. The number of benzene rings is 2. The third-order valence-corrected chi connectivity index (χ3v) is 8.49. The van der Waals surface area contributed by atoms with Crippen LogP contribution >= 0.6 is 0 Å². The number of nitrogens with one attached hydrogen (secondary N) is 1. The van der Waals surface area contributed by atoms with Gasteiger partial charge in [0.25, 0.3) is 11.8 Å². The number of amides is 2. The first-order chi connectivity index (χ1) is 18.2. The highest BCUT2D eigenvalue weighted by Crippen LogP contribution is 2.45. The fourth-order valence-corrected chi connectivity index (χ4v) is 6.30. The van der Waals surface area contributed by atoms with E-state index < -0.39 is 0 Å². The van der Waals surface area contributed by atoms with Gasteiger partial charge in [-0.15, -0.1) is 0 Å². The second-order valence-electron chi connectivity index (χ2n) is 11.5. The molecule has 0 spiro atoms. The van der Waals surface area contributed by atoms with Gasteiger partial charge in [0, 0.05) is 55.4 Å². The normalized spacial score (nSPS) is 18.7. The average Bonchev–Trinajstić information content (AvgIpc) is 3.17. The molecule has 6 heteroatoms. The van der Waals surface area contributed by atoms with E-state index in [4.69, 9.17) is 0 Å². The quantitative estimate of drug-likeness (QED) is 0.486. The minimum atomic E-state index is -0.131. The van der Waals surface area contributed by atoms with Crippen molar-refractivity contribution >= 4 is 17.5 Å². The second kappa shape index (κ2) is 10.2. The molecule has 1 atom stereocenters. The van der Waals surface area contributed by atoms with Crippen LogP contribution < -0.4 is 10.2 Å². The number of nitrogens with zero attached hydrogens (tertiary/aromatic N) is 3. The van der Waals surface area contributed by atoms with E-state index in [2.05, 4.69) is 35.1 Å². The maximum Gasteiger partial charge on any atom is 0.253 e. The summed E-state index contributed by atoms with van der Waals surface area (Å²) in [7, 11) is 1.92. The Labute approximate surface area is 226 Å². The van der Waals surface area contributed by atoms with E-state index in [-0.39, 0.29) is 29.3 Å². The monoisotopic (exact) mass is 510 g/mol. The summed E-state index contributed by atoms with van der Waals surface area (Å²) in [6.45, 7) is 10.2. The minimum Gasteiger partial charge on any atom is -0.371 e. The van der Waals surface area contributed by atoms with E-state index in [1.54, 1.807) is 0 Å². The SMILES string of the molecule is Cc1cccc(C)c1C(=O)NC1CC(C)(C)c2ccc(C(=O)N(C)C3CCN(c4ccncc4)CC3)cc21. The molecule has 1 saturated heterocycles. The molecule has 3 aromatic rings. The molecule has 0 saturated carbocycles. The topological polar surface area (TPSA) is 65.5 Å². The van der Waals surface area contributed by atoms with E-state index in [0.29, 0.717) is 5.56 Å². The molecule has 198 valence electrons. The second-order valence-corrected chi connectivity index (χ2v) is 11.5. The molecule has 1 aliphatic carbocycles. The summed E-state index contributed by atoms with van der Waals surface area (Å²) in [4.78, 5) is 35.3. The maximum absolute atomic E-state index is 13.6. The minimum absolute atomic E-state index is 0.0414. The van der Waals surface area contributed by atoms with Gasteiger partial charge in [-0.25, -0.2) is 0 Å². The summed E-state index contributed by atoms with van der Waals surface area (Å²) in [5.74, 6) is -0.0104. The van der Waals surface area contributed by atoms with Gasteiger partial charge in [0.1, 0.15) is 0 Å². The van der Waals surface area contributed by atoms with Gasteiger partial charge in [0.2, 0.25) is 0 Å². The van der Waals surface area contributed by atoms with Crippen molar-refractivity contribution < 1.29 is 9.59 Å². The van der Waals surface area contributed by atoms with Gasteiger partial charge < -0.3 is 15.1 Å². The number of aryl methyl sites for hydroxylation is 2. The maximum atomic E-state index is 13.6. The molecule has 2 amide bonds. The van der Waals surface area contributed by atoms with Gasteiger partial charge in [0.05, 0.1) is 6.04 Å². The average molecular weight is 511 g/mol. The van der Waals surface area contributed by atoms with Crippen LogP contribution in [0.5, 0.6) is 0 Å². The van der Waals surface area contributed by atoms with Crippen molar-refractivity contribution in [1.29, 1.82) is 0 Å². The highest BCUT2D eigenvalue weighted by atomic mass is 16.2. The van der Waals surface area contributed by atoms with Gasteiger partial charge in [-0.05, 0) is 85.0 Å². The summed E-state index contributed by atoms with van der Waals surface area (Å²) < 4.78 is 0. The number of carbonyl (C=O) groups excluding carboxylic acids is 2. The predicted octanol–water partition coefficient (Wildman–Crippen LogP) is 5.59. The Hall–Kier alpha value is -3.67. The van der Waals surface area contributed by atoms with Crippen LogP contribution in [-0.4, -0.2) is 47.9 Å². The number of pyridine rings is 1. The predicted molar refractivity (Wildman–Crippen MR) is 152 cm³/mol. The van der Waals surface area contributed by atoms with Crippen molar-refractivity contribution in [1.82, 2.24) is 15.2 Å². The van der Waals surface area contributed by atoms with Gasteiger partial charge >= 0.3 is 0 Å². The molecular weight excluding hydrogens is 472 g/mol. The number of anilines is 1. The van der Waals surface area contributed by atoms with Crippen LogP contribution in [0.25, 0.3) is 0 Å². The molecule has 0 radical (unpaired) electrons. The van der Waals surface area contributed by atoms with Crippen molar-refractivity contribution in [2.45, 2.75) is 64.5 Å². The van der Waals surface area contributed by atoms with Crippen LogP contribution in [-0.2, 0) is 5.41 Å². The first kappa shape index (κ1) is 26.0. The van der Waals surface area contributed by atoms with Crippen molar-refractivity contribution in [3.05, 3.63) is 94.3 Å². The summed E-state index contributed by atoms with van der Waals surface area (Å²) in [6, 6.07) is 16.1. The summed E-state index contributed by atoms with van der Waals surface area (Å²) in [5, 5.41) is 3.29. The van der Waals surface area contributed by atoms with E-state index >= 15 is 0 Å². The number of piperidine rings is 1. The van der Waals surface area contributed by atoms with Gasteiger partial charge in [-0.1, -0.05) is 38.1 Å². The van der Waals surface area contributed by atoms with Crippen molar-refractivity contribution in [2.75, 3.05) is 25.0 Å². The molecule has 1 aliphatic heterocycles. The van der Waals surface area contributed by atoms with E-state index in [0.717, 1.165) is 54.6 Å². The van der Waals surface area contributed by atoms with Crippen molar-refractivity contribution in [3.8, 4) is 0 Å². The Balaban J connectivity index is 1.32. The lowest BCUT2D eigenvalue weighted by atomic mass is 9.86. The van der Waals surface area contributed by atoms with Crippen LogP contribution in [0.4, 0.5) is 5.69 Å². The molecule has 1 unspecified atom stereocenters. The number of hydrogen-bond acceptors (Lipinski definition) is 4. The Morgan fingerprint density at radius 1 is 1.00 bits per heavy atom. The molecule has 1 N–H and O–H groups in total. The first-order valence-electron chi connectivity index (χ1n) is 13.6. The zero-order valence-electron chi connectivity index (χ0n) is 23.1. The molecule has 6 nitrogen and oxygen atoms in total. The standard InChI is InChI=1S/C32H38N4O2/c1-21-7-6-8-22(2)29(21)30(37)34-28-20-32(3,4)27-10-9-23(19-26(27)28)31(38)35(5)24-13-17-36(18-14-24)25-11-15-33-16-12-25/h6-12,15-16,19,24,28H,13-14,17-18,20H2,1-5H3,(H,34,37). The zero-order chi connectivity index (χ0) is 27.0. The largest absolute Gasteiger partial charge is 0.371 e. The van der Waals surface area contributed by atoms with E-state index in [9.17, 15) is 9.59 Å². The third-order valence-electron chi connectivity index (χ3n) is 8.49. The van der Waals surface area contributed by atoms with Crippen LogP contribution in [0.2, 0.25) is 0 Å². The highest BCUT2D eigenvalue weighted by molar-refractivity contribution is 5.98. The Kier molecular flexibility index (Phi) is 6.99. The number of carbonyl (C=O) groups is 2. The van der Waals surface area contributed by atoms with Crippen LogP contribution in [0.1, 0.15) is 82.1 Å².